The quantitative estimate of drug-likeness (QED) is 0.829. The summed E-state index contributed by atoms with van der Waals surface area (Å²) < 4.78 is 0. The Morgan fingerprint density at radius 1 is 1.33 bits per heavy atom. The Hall–Kier alpha value is -1.14. The van der Waals surface area contributed by atoms with E-state index < -0.39 is 0 Å². The minimum Gasteiger partial charge on any atom is -0.341 e. The number of imidazole rings is 1. The van der Waals surface area contributed by atoms with Gasteiger partial charge in [-0.3, -0.25) is 0 Å². The van der Waals surface area contributed by atoms with Crippen molar-refractivity contribution in [3.8, 4) is 0 Å². The van der Waals surface area contributed by atoms with Crippen molar-refractivity contribution in [3.63, 3.8) is 0 Å². The molecule has 2 atom stereocenters. The molecule has 2 aromatic heterocycles. The monoisotopic (exact) mass is 263 g/mol. The van der Waals surface area contributed by atoms with E-state index in [0.29, 0.717) is 11.3 Å². The van der Waals surface area contributed by atoms with Gasteiger partial charge in [-0.2, -0.15) is 0 Å². The molecule has 0 amide bonds. The average Bonchev–Trinajstić information content (AvgIpc) is 2.88. The van der Waals surface area contributed by atoms with Crippen LogP contribution in [0.15, 0.2) is 17.7 Å². The van der Waals surface area contributed by atoms with Crippen LogP contribution in [-0.4, -0.2) is 38.3 Å². The predicted octanol–water partition coefficient (Wildman–Crippen LogP) is 1.98. The lowest BCUT2D eigenvalue weighted by atomic mass is 9.95. The fourth-order valence-corrected chi connectivity index (χ4v) is 3.81. The van der Waals surface area contributed by atoms with Crippen LogP contribution in [-0.2, 0) is 0 Å². The standard InChI is InChI=1S/C12H17N5S/c1-13-8-3-2-4-9(5-8)18-12-10-11(15-6-14-10)16-7-17-12/h6-9,13H,2-5H2,1H3,(H,14,15,16,17). The molecule has 3 rings (SSSR count). The van der Waals surface area contributed by atoms with Crippen LogP contribution in [0.1, 0.15) is 25.7 Å². The zero-order chi connectivity index (χ0) is 12.4. The van der Waals surface area contributed by atoms with E-state index in [1.54, 1.807) is 12.7 Å². The summed E-state index contributed by atoms with van der Waals surface area (Å²) in [4.78, 5) is 15.8. The zero-order valence-electron chi connectivity index (χ0n) is 10.4. The summed E-state index contributed by atoms with van der Waals surface area (Å²) in [6.07, 6.45) is 8.34. The van der Waals surface area contributed by atoms with Gasteiger partial charge in [0.2, 0.25) is 0 Å². The van der Waals surface area contributed by atoms with Crippen molar-refractivity contribution in [1.82, 2.24) is 25.3 Å². The second kappa shape index (κ2) is 5.24. The summed E-state index contributed by atoms with van der Waals surface area (Å²) in [7, 11) is 2.05. The van der Waals surface area contributed by atoms with Crippen LogP contribution in [0.3, 0.4) is 0 Å². The summed E-state index contributed by atoms with van der Waals surface area (Å²) in [5.74, 6) is 0. The van der Waals surface area contributed by atoms with E-state index in [-0.39, 0.29) is 0 Å². The summed E-state index contributed by atoms with van der Waals surface area (Å²) in [5, 5.41) is 5.05. The SMILES string of the molecule is CNC1CCCC(Sc2ncnc3nc[nH]c23)C1. The molecule has 1 aliphatic rings. The third kappa shape index (κ3) is 2.35. The molecule has 2 aromatic rings. The zero-order valence-corrected chi connectivity index (χ0v) is 11.2. The molecule has 2 unspecified atom stereocenters. The average molecular weight is 263 g/mol. The van der Waals surface area contributed by atoms with E-state index in [9.17, 15) is 0 Å². The van der Waals surface area contributed by atoms with Gasteiger partial charge in [-0.15, -0.1) is 11.8 Å². The fourth-order valence-electron chi connectivity index (χ4n) is 2.50. The molecule has 2 heterocycles. The van der Waals surface area contributed by atoms with Crippen LogP contribution < -0.4 is 5.32 Å². The highest BCUT2D eigenvalue weighted by molar-refractivity contribution is 8.00. The summed E-state index contributed by atoms with van der Waals surface area (Å²) in [6, 6.07) is 0.648. The van der Waals surface area contributed by atoms with Crippen molar-refractivity contribution in [2.24, 2.45) is 0 Å². The molecule has 0 spiro atoms. The van der Waals surface area contributed by atoms with Crippen LogP contribution in [0.5, 0.6) is 0 Å². The van der Waals surface area contributed by atoms with Gasteiger partial charge in [0.15, 0.2) is 5.65 Å². The number of hydrogen-bond acceptors (Lipinski definition) is 5. The molecule has 0 saturated heterocycles. The third-order valence-corrected chi connectivity index (χ3v) is 4.80. The molecule has 2 N–H and O–H groups in total. The van der Waals surface area contributed by atoms with Gasteiger partial charge in [0, 0.05) is 11.3 Å². The largest absolute Gasteiger partial charge is 0.341 e. The van der Waals surface area contributed by atoms with Gasteiger partial charge in [-0.25, -0.2) is 15.0 Å². The van der Waals surface area contributed by atoms with Gasteiger partial charge in [-0.1, -0.05) is 6.42 Å². The first-order valence-electron chi connectivity index (χ1n) is 6.35. The van der Waals surface area contributed by atoms with Gasteiger partial charge in [0.05, 0.1) is 6.33 Å². The molecular weight excluding hydrogens is 246 g/mol. The first-order valence-corrected chi connectivity index (χ1v) is 7.23. The minimum atomic E-state index is 0.637. The molecule has 0 aliphatic heterocycles. The Morgan fingerprint density at radius 2 is 2.28 bits per heavy atom. The Labute approximate surface area is 110 Å². The van der Waals surface area contributed by atoms with Gasteiger partial charge >= 0.3 is 0 Å². The van der Waals surface area contributed by atoms with Crippen molar-refractivity contribution in [2.45, 2.75) is 42.0 Å². The molecule has 0 bridgehead atoms. The smallest absolute Gasteiger partial charge is 0.181 e. The van der Waals surface area contributed by atoms with E-state index in [4.69, 9.17) is 0 Å². The van der Waals surface area contributed by atoms with E-state index in [1.807, 2.05) is 11.8 Å². The summed E-state index contributed by atoms with van der Waals surface area (Å²) in [6.45, 7) is 0. The van der Waals surface area contributed by atoms with E-state index in [0.717, 1.165) is 16.2 Å². The van der Waals surface area contributed by atoms with Crippen molar-refractivity contribution >= 4 is 22.9 Å². The van der Waals surface area contributed by atoms with Crippen molar-refractivity contribution < 1.29 is 0 Å². The number of nitrogens with one attached hydrogen (secondary N) is 2. The lowest BCUT2D eigenvalue weighted by molar-refractivity contribution is 0.402. The molecular formula is C12H17N5S. The van der Waals surface area contributed by atoms with Crippen molar-refractivity contribution in [1.29, 1.82) is 0 Å². The molecule has 96 valence electrons. The van der Waals surface area contributed by atoms with Crippen LogP contribution in [0.4, 0.5) is 0 Å². The highest BCUT2D eigenvalue weighted by Crippen LogP contribution is 2.34. The number of fused-ring (bicyclic) bond motifs is 1. The number of aromatic amines is 1. The number of rotatable bonds is 3. The Bertz CT molecular complexity index is 526. The van der Waals surface area contributed by atoms with Crippen LogP contribution in [0.2, 0.25) is 0 Å². The topological polar surface area (TPSA) is 66.5 Å². The van der Waals surface area contributed by atoms with Gasteiger partial charge in [-0.05, 0) is 26.3 Å². The normalized spacial score (nSPS) is 24.5. The summed E-state index contributed by atoms with van der Waals surface area (Å²) in [5.41, 5.74) is 1.72. The highest BCUT2D eigenvalue weighted by atomic mass is 32.2. The first-order chi connectivity index (χ1) is 8.86. The Morgan fingerprint density at radius 3 is 3.17 bits per heavy atom. The molecule has 0 radical (unpaired) electrons. The first kappa shape index (κ1) is 11.9. The van der Waals surface area contributed by atoms with E-state index in [1.165, 1.54) is 25.7 Å². The number of thioether (sulfide) groups is 1. The summed E-state index contributed by atoms with van der Waals surface area (Å²) >= 11 is 1.86. The molecule has 1 fully saturated rings. The third-order valence-electron chi connectivity index (χ3n) is 3.50. The molecule has 0 aromatic carbocycles. The fraction of sp³-hybridized carbons (Fsp3) is 0.583. The minimum absolute atomic E-state index is 0.637. The number of aromatic nitrogens is 4. The second-order valence-electron chi connectivity index (χ2n) is 4.67. The maximum absolute atomic E-state index is 4.38. The molecule has 1 aliphatic carbocycles. The lowest BCUT2D eigenvalue weighted by Crippen LogP contribution is -2.32. The molecule has 6 heteroatoms. The molecule has 18 heavy (non-hydrogen) atoms. The highest BCUT2D eigenvalue weighted by Gasteiger charge is 2.23. The van der Waals surface area contributed by atoms with Crippen LogP contribution in [0, 0.1) is 0 Å². The lowest BCUT2D eigenvalue weighted by Gasteiger charge is -2.28. The van der Waals surface area contributed by atoms with E-state index >= 15 is 0 Å². The van der Waals surface area contributed by atoms with Crippen molar-refractivity contribution in [3.05, 3.63) is 12.7 Å². The molecule has 1 saturated carbocycles. The predicted molar refractivity (Wildman–Crippen MR) is 72.6 cm³/mol. The van der Waals surface area contributed by atoms with Gasteiger partial charge in [0.25, 0.3) is 0 Å². The van der Waals surface area contributed by atoms with E-state index in [2.05, 4.69) is 32.3 Å². The second-order valence-corrected chi connectivity index (χ2v) is 5.96. The maximum atomic E-state index is 4.38. The number of nitrogens with zero attached hydrogens (tertiary/aromatic N) is 3. The maximum Gasteiger partial charge on any atom is 0.181 e. The van der Waals surface area contributed by atoms with Gasteiger partial charge in [0.1, 0.15) is 16.9 Å². The van der Waals surface area contributed by atoms with Crippen molar-refractivity contribution in [2.75, 3.05) is 7.05 Å². The van der Waals surface area contributed by atoms with Crippen LogP contribution >= 0.6 is 11.8 Å². The van der Waals surface area contributed by atoms with Crippen LogP contribution in [0.25, 0.3) is 11.2 Å². The Balaban J connectivity index is 1.77. The number of hydrogen-bond donors (Lipinski definition) is 2. The number of H-pyrrole nitrogens is 1. The molecule has 5 nitrogen and oxygen atoms in total. The van der Waals surface area contributed by atoms with Gasteiger partial charge < -0.3 is 10.3 Å². The Kier molecular flexibility index (Phi) is 3.47.